The van der Waals surface area contributed by atoms with Crippen molar-refractivity contribution in [1.29, 1.82) is 0 Å². The molecular formula is C25H21N3O5S. The maximum absolute atomic E-state index is 12.6. The number of anilines is 1. The van der Waals surface area contributed by atoms with Crippen molar-refractivity contribution in [2.24, 2.45) is 0 Å². The minimum absolute atomic E-state index is 0.222. The Bertz CT molecular complexity index is 1300. The van der Waals surface area contributed by atoms with E-state index in [2.05, 4.69) is 15.6 Å². The summed E-state index contributed by atoms with van der Waals surface area (Å²) in [6.45, 7) is -0.442. The molecule has 0 saturated heterocycles. The lowest BCUT2D eigenvalue weighted by molar-refractivity contribution is -0.119. The number of oxazole rings is 1. The molecule has 0 radical (unpaired) electrons. The predicted molar refractivity (Wildman–Crippen MR) is 129 cm³/mol. The molecule has 0 unspecified atom stereocenters. The Kier molecular flexibility index (Phi) is 7.24. The number of amides is 2. The largest absolute Gasteiger partial charge is 0.452 e. The third-order valence-electron chi connectivity index (χ3n) is 4.85. The third kappa shape index (κ3) is 5.62. The number of hydrogen-bond acceptors (Lipinski definition) is 7. The number of aromatic nitrogens is 1. The highest BCUT2D eigenvalue weighted by Crippen LogP contribution is 2.27. The van der Waals surface area contributed by atoms with Gasteiger partial charge in [-0.15, -0.1) is 0 Å². The zero-order valence-electron chi connectivity index (χ0n) is 18.2. The van der Waals surface area contributed by atoms with Crippen molar-refractivity contribution in [3.8, 4) is 0 Å². The summed E-state index contributed by atoms with van der Waals surface area (Å²) >= 11 is 1.37. The van der Waals surface area contributed by atoms with E-state index in [0.29, 0.717) is 33.4 Å². The molecule has 34 heavy (non-hydrogen) atoms. The van der Waals surface area contributed by atoms with Gasteiger partial charge >= 0.3 is 5.97 Å². The monoisotopic (exact) mass is 475 g/mol. The maximum Gasteiger partial charge on any atom is 0.338 e. The van der Waals surface area contributed by atoms with E-state index in [0.717, 1.165) is 11.1 Å². The first-order valence-electron chi connectivity index (χ1n) is 10.4. The van der Waals surface area contributed by atoms with Crippen LogP contribution in [-0.4, -0.2) is 36.4 Å². The molecule has 0 saturated carbocycles. The molecule has 4 rings (SSSR count). The fraction of sp³-hybridized carbons (Fsp3) is 0.120. The van der Waals surface area contributed by atoms with Gasteiger partial charge in [0, 0.05) is 24.1 Å². The minimum Gasteiger partial charge on any atom is -0.452 e. The van der Waals surface area contributed by atoms with E-state index >= 15 is 0 Å². The summed E-state index contributed by atoms with van der Waals surface area (Å²) in [7, 11) is 1.54. The molecule has 0 bridgehead atoms. The number of ether oxygens (including phenoxy) is 1. The summed E-state index contributed by atoms with van der Waals surface area (Å²) in [4.78, 5) is 40.9. The van der Waals surface area contributed by atoms with Crippen molar-refractivity contribution in [1.82, 2.24) is 10.3 Å². The van der Waals surface area contributed by atoms with Gasteiger partial charge in [0.05, 0.1) is 5.56 Å². The van der Waals surface area contributed by atoms with Crippen molar-refractivity contribution in [2.75, 3.05) is 19.0 Å². The number of carbonyl (C=O) groups is 3. The number of rotatable bonds is 8. The van der Waals surface area contributed by atoms with Gasteiger partial charge in [0.1, 0.15) is 5.52 Å². The van der Waals surface area contributed by atoms with Crippen LogP contribution in [0.4, 0.5) is 5.69 Å². The van der Waals surface area contributed by atoms with Crippen molar-refractivity contribution in [2.45, 2.75) is 11.0 Å². The van der Waals surface area contributed by atoms with Crippen LogP contribution in [0.3, 0.4) is 0 Å². The normalized spacial score (nSPS) is 10.6. The van der Waals surface area contributed by atoms with Crippen molar-refractivity contribution >= 4 is 46.3 Å². The average Bonchev–Trinajstić information content (AvgIpc) is 3.29. The molecule has 4 aromatic rings. The highest BCUT2D eigenvalue weighted by Gasteiger charge is 2.16. The Hall–Kier alpha value is -4.11. The number of thioether (sulfide) groups is 1. The number of nitrogens with one attached hydrogen (secondary N) is 2. The lowest BCUT2D eigenvalue weighted by Crippen LogP contribution is -2.21. The average molecular weight is 476 g/mol. The van der Waals surface area contributed by atoms with Gasteiger partial charge < -0.3 is 19.8 Å². The van der Waals surface area contributed by atoms with Crippen LogP contribution in [0.25, 0.3) is 11.1 Å². The van der Waals surface area contributed by atoms with E-state index in [1.807, 2.05) is 36.4 Å². The Labute approximate surface area is 199 Å². The quantitative estimate of drug-likeness (QED) is 0.289. The predicted octanol–water partition coefficient (Wildman–Crippen LogP) is 4.28. The lowest BCUT2D eigenvalue weighted by Gasteiger charge is -2.10. The molecule has 3 aromatic carbocycles. The number of hydrogen-bond donors (Lipinski definition) is 2. The molecule has 0 fully saturated rings. The van der Waals surface area contributed by atoms with Gasteiger partial charge in [-0.2, -0.15) is 0 Å². The van der Waals surface area contributed by atoms with E-state index in [1.165, 1.54) is 11.8 Å². The zero-order valence-corrected chi connectivity index (χ0v) is 19.1. The Morgan fingerprint density at radius 3 is 2.47 bits per heavy atom. The van der Waals surface area contributed by atoms with E-state index < -0.39 is 18.5 Å². The maximum atomic E-state index is 12.6. The van der Waals surface area contributed by atoms with E-state index in [1.54, 1.807) is 43.4 Å². The second kappa shape index (κ2) is 10.7. The zero-order chi connectivity index (χ0) is 23.9. The van der Waals surface area contributed by atoms with Crippen molar-refractivity contribution in [3.05, 3.63) is 89.5 Å². The van der Waals surface area contributed by atoms with E-state index in [4.69, 9.17) is 9.15 Å². The molecule has 0 atom stereocenters. The number of benzene rings is 3. The Morgan fingerprint density at radius 2 is 1.71 bits per heavy atom. The van der Waals surface area contributed by atoms with Crippen LogP contribution < -0.4 is 10.6 Å². The molecule has 2 N–H and O–H groups in total. The molecule has 1 aromatic heterocycles. The van der Waals surface area contributed by atoms with E-state index in [9.17, 15) is 14.4 Å². The third-order valence-corrected chi connectivity index (χ3v) is 5.73. The van der Waals surface area contributed by atoms with Crippen LogP contribution >= 0.6 is 11.8 Å². The standard InChI is InChI=1S/C25H21N3O5S/c1-26-23(30)16-10-12-18(13-11-16)27-22(29)14-32-24(31)19-7-3-2-6-17(19)15-34-25-28-20-8-4-5-9-21(20)33-25/h2-13H,14-15H2,1H3,(H,26,30)(H,27,29). The van der Waals surface area contributed by atoms with Crippen LogP contribution in [0.1, 0.15) is 26.3 Å². The Morgan fingerprint density at radius 1 is 0.971 bits per heavy atom. The molecule has 9 heteroatoms. The topological polar surface area (TPSA) is 111 Å². The number of fused-ring (bicyclic) bond motifs is 1. The van der Waals surface area contributed by atoms with Gasteiger partial charge in [-0.3, -0.25) is 9.59 Å². The minimum atomic E-state index is -0.598. The first-order valence-corrected chi connectivity index (χ1v) is 11.4. The summed E-state index contributed by atoms with van der Waals surface area (Å²) < 4.78 is 10.9. The molecule has 0 aliphatic rings. The van der Waals surface area contributed by atoms with Crippen molar-refractivity contribution in [3.63, 3.8) is 0 Å². The molecular weight excluding hydrogens is 454 g/mol. The molecule has 0 aliphatic heterocycles. The summed E-state index contributed by atoms with van der Waals surface area (Å²) in [5.41, 5.74) is 3.54. The van der Waals surface area contributed by atoms with Crippen molar-refractivity contribution < 1.29 is 23.5 Å². The molecule has 8 nitrogen and oxygen atoms in total. The van der Waals surface area contributed by atoms with Gasteiger partial charge in [0.2, 0.25) is 0 Å². The van der Waals surface area contributed by atoms with E-state index in [-0.39, 0.29) is 5.91 Å². The van der Waals surface area contributed by atoms with Crippen LogP contribution in [0.5, 0.6) is 0 Å². The second-order valence-corrected chi connectivity index (χ2v) is 8.10. The summed E-state index contributed by atoms with van der Waals surface area (Å²) in [6.07, 6.45) is 0. The number of nitrogens with zero attached hydrogens (tertiary/aromatic N) is 1. The van der Waals surface area contributed by atoms with Crippen LogP contribution in [0.2, 0.25) is 0 Å². The van der Waals surface area contributed by atoms with Gasteiger partial charge in [0.15, 0.2) is 12.2 Å². The summed E-state index contributed by atoms with van der Waals surface area (Å²) in [5, 5.41) is 5.66. The molecule has 172 valence electrons. The smallest absolute Gasteiger partial charge is 0.338 e. The van der Waals surface area contributed by atoms with Gasteiger partial charge in [-0.05, 0) is 48.0 Å². The molecule has 1 heterocycles. The summed E-state index contributed by atoms with van der Waals surface area (Å²) in [5.74, 6) is -0.861. The second-order valence-electron chi connectivity index (χ2n) is 7.17. The number of carbonyl (C=O) groups excluding carboxylic acids is 3. The van der Waals surface area contributed by atoms with Gasteiger partial charge in [0.25, 0.3) is 17.0 Å². The first-order chi connectivity index (χ1) is 16.5. The fourth-order valence-corrected chi connectivity index (χ4v) is 4.00. The number of esters is 1. The SMILES string of the molecule is CNC(=O)c1ccc(NC(=O)COC(=O)c2ccccc2CSc2nc3ccccc3o2)cc1. The Balaban J connectivity index is 1.33. The molecule has 0 aliphatic carbocycles. The highest BCUT2D eigenvalue weighted by atomic mass is 32.2. The van der Waals surface area contributed by atoms with Crippen LogP contribution in [-0.2, 0) is 15.3 Å². The van der Waals surface area contributed by atoms with Crippen LogP contribution in [0.15, 0.2) is 82.4 Å². The fourth-order valence-electron chi connectivity index (χ4n) is 3.15. The van der Waals surface area contributed by atoms with Gasteiger partial charge in [-0.25, -0.2) is 9.78 Å². The molecule has 2 amide bonds. The van der Waals surface area contributed by atoms with Crippen LogP contribution in [0, 0.1) is 0 Å². The molecule has 0 spiro atoms. The summed E-state index contributed by atoms with van der Waals surface area (Å²) in [6, 6.07) is 20.9. The van der Waals surface area contributed by atoms with Gasteiger partial charge in [-0.1, -0.05) is 42.1 Å². The first kappa shape index (κ1) is 23.1. The number of para-hydroxylation sites is 2. The lowest BCUT2D eigenvalue weighted by atomic mass is 10.1. The highest BCUT2D eigenvalue weighted by molar-refractivity contribution is 7.98.